The molecule has 1 aromatic heterocycles. The highest BCUT2D eigenvalue weighted by molar-refractivity contribution is 5.65. The topological polar surface area (TPSA) is 104 Å². The molecule has 0 unspecified atom stereocenters. The highest BCUT2D eigenvalue weighted by Crippen LogP contribution is 2.35. The second-order valence-corrected chi connectivity index (χ2v) is 8.75. The Morgan fingerprint density at radius 1 is 1.12 bits per heavy atom. The average molecular weight is 461 g/mol. The molecule has 7 nitrogen and oxygen atoms in total. The van der Waals surface area contributed by atoms with Crippen LogP contribution in [0.2, 0.25) is 0 Å². The van der Waals surface area contributed by atoms with Crippen molar-refractivity contribution in [2.45, 2.75) is 44.2 Å². The van der Waals surface area contributed by atoms with Crippen molar-refractivity contribution in [1.82, 2.24) is 10.3 Å². The zero-order valence-corrected chi connectivity index (χ0v) is 18.8. The molecule has 0 spiro atoms. The van der Waals surface area contributed by atoms with Crippen LogP contribution < -0.4 is 14.8 Å². The third-order valence-corrected chi connectivity index (χ3v) is 6.03. The van der Waals surface area contributed by atoms with Crippen molar-refractivity contribution in [3.05, 3.63) is 83.4 Å². The van der Waals surface area contributed by atoms with E-state index in [4.69, 9.17) is 19.8 Å². The maximum atomic E-state index is 13.5. The number of halogens is 1. The molecule has 1 fully saturated rings. The van der Waals surface area contributed by atoms with Crippen molar-refractivity contribution < 1.29 is 23.8 Å². The molecule has 34 heavy (non-hydrogen) atoms. The number of amides is 1. The molecule has 0 aliphatic heterocycles. The van der Waals surface area contributed by atoms with Crippen molar-refractivity contribution in [2.24, 2.45) is 0 Å². The lowest BCUT2D eigenvalue weighted by Crippen LogP contribution is -2.48. The molecule has 1 saturated carbocycles. The largest absolute Gasteiger partial charge is 0.490 e. The summed E-state index contributed by atoms with van der Waals surface area (Å²) in [5, 5.41) is 20.4. The average Bonchev–Trinajstić information content (AvgIpc) is 2.78. The van der Waals surface area contributed by atoms with Gasteiger partial charge < -0.3 is 19.9 Å². The third-order valence-electron chi connectivity index (χ3n) is 6.03. The van der Waals surface area contributed by atoms with Gasteiger partial charge in [-0.3, -0.25) is 0 Å². The van der Waals surface area contributed by atoms with Gasteiger partial charge in [0.2, 0.25) is 0 Å². The molecule has 174 valence electrons. The van der Waals surface area contributed by atoms with Gasteiger partial charge in [-0.1, -0.05) is 38.1 Å². The zero-order chi connectivity index (χ0) is 24.3. The van der Waals surface area contributed by atoms with E-state index in [1.54, 1.807) is 12.1 Å². The molecule has 2 aromatic carbocycles. The predicted molar refractivity (Wildman–Crippen MR) is 123 cm³/mol. The second-order valence-electron chi connectivity index (χ2n) is 8.75. The number of nitrogens with zero attached hydrogens (tertiary/aromatic N) is 2. The van der Waals surface area contributed by atoms with Gasteiger partial charge >= 0.3 is 6.09 Å². The number of ether oxygens (including phenoxy) is 2. The molecule has 0 saturated heterocycles. The van der Waals surface area contributed by atoms with Crippen molar-refractivity contribution >= 4 is 6.09 Å². The smallest absolute Gasteiger partial charge is 0.404 e. The second kappa shape index (κ2) is 9.40. The van der Waals surface area contributed by atoms with Gasteiger partial charge in [-0.2, -0.15) is 5.26 Å². The summed E-state index contributed by atoms with van der Waals surface area (Å²) >= 11 is 0. The molecule has 1 heterocycles. The Morgan fingerprint density at radius 2 is 1.71 bits per heavy atom. The number of nitrogens with one attached hydrogen (secondary N) is 1. The lowest BCUT2D eigenvalue weighted by Gasteiger charge is -2.35. The normalized spacial score (nSPS) is 17.2. The number of carboxylic acid groups (broad SMARTS) is 1. The highest BCUT2D eigenvalue weighted by Gasteiger charge is 2.32. The van der Waals surface area contributed by atoms with Crippen molar-refractivity contribution in [3.63, 3.8) is 0 Å². The van der Waals surface area contributed by atoms with Crippen LogP contribution in [0.3, 0.4) is 0 Å². The quantitative estimate of drug-likeness (QED) is 0.489. The Kier molecular flexibility index (Phi) is 6.37. The summed E-state index contributed by atoms with van der Waals surface area (Å²) in [6.45, 7) is 4.22. The first kappa shape index (κ1) is 23.1. The van der Waals surface area contributed by atoms with Gasteiger partial charge in [-0.05, 0) is 35.4 Å². The van der Waals surface area contributed by atoms with Gasteiger partial charge in [0.1, 0.15) is 29.5 Å². The number of pyridine rings is 1. The minimum atomic E-state index is -1.01. The fourth-order valence-electron chi connectivity index (χ4n) is 3.91. The molecule has 1 aliphatic carbocycles. The van der Waals surface area contributed by atoms with Gasteiger partial charge in [0.25, 0.3) is 0 Å². The van der Waals surface area contributed by atoms with E-state index in [0.29, 0.717) is 18.6 Å². The summed E-state index contributed by atoms with van der Waals surface area (Å²) in [4.78, 5) is 14.4. The Bertz CT molecular complexity index is 1210. The number of benzene rings is 2. The molecule has 4 rings (SSSR count). The molecule has 3 aromatic rings. The van der Waals surface area contributed by atoms with E-state index in [9.17, 15) is 9.18 Å². The number of rotatable bonds is 7. The molecule has 0 bridgehead atoms. The molecule has 1 aliphatic rings. The van der Waals surface area contributed by atoms with Crippen LogP contribution in [-0.2, 0) is 5.41 Å². The van der Waals surface area contributed by atoms with Gasteiger partial charge in [0.15, 0.2) is 11.4 Å². The number of hydrogen-bond donors (Lipinski definition) is 2. The van der Waals surface area contributed by atoms with Crippen molar-refractivity contribution in [2.75, 3.05) is 0 Å². The molecular weight excluding hydrogens is 437 g/mol. The summed E-state index contributed by atoms with van der Waals surface area (Å²) in [5.41, 5.74) is 1.85. The Hall–Kier alpha value is -4.12. The maximum absolute atomic E-state index is 13.5. The minimum Gasteiger partial charge on any atom is -0.490 e. The fraction of sp³-hybridized carbons (Fsp3) is 0.269. The minimum absolute atomic E-state index is 0.0121. The van der Waals surface area contributed by atoms with Crippen LogP contribution in [0.1, 0.15) is 43.5 Å². The summed E-state index contributed by atoms with van der Waals surface area (Å²) in [6.07, 6.45) is 1.31. The predicted octanol–water partition coefficient (Wildman–Crippen LogP) is 5.39. The van der Waals surface area contributed by atoms with E-state index in [1.807, 2.05) is 42.5 Å². The Labute approximate surface area is 196 Å². The molecule has 2 N–H and O–H groups in total. The number of hydrogen-bond acceptors (Lipinski definition) is 5. The third kappa shape index (κ3) is 5.09. The van der Waals surface area contributed by atoms with E-state index in [0.717, 1.165) is 29.1 Å². The van der Waals surface area contributed by atoms with Crippen LogP contribution in [0.25, 0.3) is 0 Å². The lowest BCUT2D eigenvalue weighted by atomic mass is 9.78. The lowest BCUT2D eigenvalue weighted by molar-refractivity contribution is 0.0833. The van der Waals surface area contributed by atoms with Crippen molar-refractivity contribution in [3.8, 4) is 23.3 Å². The van der Waals surface area contributed by atoms with Gasteiger partial charge in [0, 0.05) is 30.4 Å². The van der Waals surface area contributed by atoms with E-state index in [2.05, 4.69) is 24.1 Å². The van der Waals surface area contributed by atoms with Crippen LogP contribution in [0.15, 0.2) is 60.8 Å². The number of aromatic nitrogens is 1. The van der Waals surface area contributed by atoms with Crippen LogP contribution in [0, 0.1) is 17.1 Å². The van der Waals surface area contributed by atoms with Crippen LogP contribution in [0.5, 0.6) is 17.2 Å². The summed E-state index contributed by atoms with van der Waals surface area (Å²) < 4.78 is 25.1. The number of carbonyl (C=O) groups is 1. The molecule has 1 amide bonds. The van der Waals surface area contributed by atoms with Crippen LogP contribution in [0.4, 0.5) is 9.18 Å². The molecule has 0 radical (unpaired) electrons. The Balaban J connectivity index is 1.40. The first-order valence-electron chi connectivity index (χ1n) is 10.9. The monoisotopic (exact) mass is 461 g/mol. The first-order valence-corrected chi connectivity index (χ1v) is 10.9. The van der Waals surface area contributed by atoms with Crippen LogP contribution >= 0.6 is 0 Å². The summed E-state index contributed by atoms with van der Waals surface area (Å²) in [6, 6.07) is 18.3. The van der Waals surface area contributed by atoms with Crippen molar-refractivity contribution in [1.29, 1.82) is 5.26 Å². The highest BCUT2D eigenvalue weighted by atomic mass is 19.1. The molecular formula is C26H24FN3O4. The van der Waals surface area contributed by atoms with E-state index in [1.165, 1.54) is 0 Å². The SMILES string of the molecule is CC(C)(c1ccc(Oc2cc(F)cnc2C#N)cc1)c1ccc(OC2CC(NC(=O)O)C2)cc1. The van der Waals surface area contributed by atoms with Gasteiger partial charge in [-0.25, -0.2) is 14.2 Å². The van der Waals surface area contributed by atoms with Gasteiger partial charge in [-0.15, -0.1) is 0 Å². The van der Waals surface area contributed by atoms with E-state index >= 15 is 0 Å². The molecule has 0 atom stereocenters. The summed E-state index contributed by atoms with van der Waals surface area (Å²) in [5.74, 6) is 0.720. The van der Waals surface area contributed by atoms with Gasteiger partial charge in [0.05, 0.1) is 6.20 Å². The Morgan fingerprint density at radius 3 is 2.26 bits per heavy atom. The first-order chi connectivity index (χ1) is 16.2. The van der Waals surface area contributed by atoms with E-state index in [-0.39, 0.29) is 29.0 Å². The zero-order valence-electron chi connectivity index (χ0n) is 18.8. The standard InChI is InChI=1S/C26H24FN3O4/c1-26(2,16-3-7-20(8-4-16)33-22-12-19(13-22)30-25(31)32)17-5-9-21(10-6-17)34-24-11-18(27)15-29-23(24)14-28/h3-11,15,19,22,30H,12-13H2,1-2H3,(H,31,32). The van der Waals surface area contributed by atoms with E-state index < -0.39 is 11.9 Å². The number of nitriles is 1. The summed E-state index contributed by atoms with van der Waals surface area (Å²) in [7, 11) is 0. The maximum Gasteiger partial charge on any atom is 0.404 e. The fourth-order valence-corrected chi connectivity index (χ4v) is 3.91. The molecule has 8 heteroatoms. The van der Waals surface area contributed by atoms with Crippen LogP contribution in [-0.4, -0.2) is 28.3 Å².